The third kappa shape index (κ3) is 4.39. The van der Waals surface area contributed by atoms with E-state index in [0.717, 1.165) is 17.5 Å². The van der Waals surface area contributed by atoms with E-state index in [-0.39, 0.29) is 25.0 Å². The smallest absolute Gasteiger partial charge is 0.265 e. The van der Waals surface area contributed by atoms with Crippen molar-refractivity contribution >= 4 is 23.2 Å². The molecule has 0 radical (unpaired) electrons. The Labute approximate surface area is 159 Å². The number of anilines is 2. The van der Waals surface area contributed by atoms with Crippen LogP contribution < -0.4 is 19.7 Å². The molecule has 0 saturated carbocycles. The van der Waals surface area contributed by atoms with Gasteiger partial charge in [-0.1, -0.05) is 19.1 Å². The summed E-state index contributed by atoms with van der Waals surface area (Å²) in [5.74, 6) is 1.00. The molecule has 0 fully saturated rings. The van der Waals surface area contributed by atoms with E-state index < -0.39 is 0 Å². The fraction of sp³-hybridized carbons (Fsp3) is 0.333. The van der Waals surface area contributed by atoms with Gasteiger partial charge in [0, 0.05) is 12.2 Å². The van der Waals surface area contributed by atoms with Crippen molar-refractivity contribution in [1.82, 2.24) is 0 Å². The van der Waals surface area contributed by atoms with Crippen molar-refractivity contribution in [2.75, 3.05) is 30.0 Å². The summed E-state index contributed by atoms with van der Waals surface area (Å²) in [5.41, 5.74) is 3.34. The van der Waals surface area contributed by atoms with Crippen LogP contribution in [0.4, 0.5) is 11.4 Å². The maximum Gasteiger partial charge on any atom is 0.265 e. The van der Waals surface area contributed by atoms with Crippen LogP contribution in [0.5, 0.6) is 11.5 Å². The van der Waals surface area contributed by atoms with Gasteiger partial charge in [0.1, 0.15) is 11.5 Å². The molecule has 0 bridgehead atoms. The van der Waals surface area contributed by atoms with E-state index in [4.69, 9.17) is 9.47 Å². The molecule has 142 valence electrons. The standard InChI is InChI=1S/C21H24N2O4/c1-4-9-23-17-11-16(7-8-18(17)27-13-21(23)25)22-20(24)12-26-19-10-14(2)5-6-15(19)3/h5-8,10-11H,4,9,12-13H2,1-3H3,(H,22,24). The largest absolute Gasteiger partial charge is 0.483 e. The van der Waals surface area contributed by atoms with Gasteiger partial charge in [0.25, 0.3) is 11.8 Å². The Morgan fingerprint density at radius 1 is 1.22 bits per heavy atom. The van der Waals surface area contributed by atoms with E-state index in [0.29, 0.717) is 29.4 Å². The number of nitrogens with zero attached hydrogens (tertiary/aromatic N) is 1. The van der Waals surface area contributed by atoms with Crippen LogP contribution in [0, 0.1) is 13.8 Å². The third-order valence-electron chi connectivity index (χ3n) is 4.34. The maximum atomic E-state index is 12.3. The van der Waals surface area contributed by atoms with E-state index in [9.17, 15) is 9.59 Å². The SMILES string of the molecule is CCCN1C(=O)COc2ccc(NC(=O)COc3cc(C)ccc3C)cc21. The van der Waals surface area contributed by atoms with E-state index in [1.807, 2.05) is 39.0 Å². The van der Waals surface area contributed by atoms with E-state index in [2.05, 4.69) is 5.32 Å². The molecule has 6 nitrogen and oxygen atoms in total. The minimum atomic E-state index is -0.263. The third-order valence-corrected chi connectivity index (χ3v) is 4.34. The van der Waals surface area contributed by atoms with Crippen molar-refractivity contribution in [3.63, 3.8) is 0 Å². The summed E-state index contributed by atoms with van der Waals surface area (Å²) in [5, 5.41) is 2.82. The molecule has 0 atom stereocenters. The summed E-state index contributed by atoms with van der Waals surface area (Å²) < 4.78 is 11.1. The minimum absolute atomic E-state index is 0.0440. The summed E-state index contributed by atoms with van der Waals surface area (Å²) in [4.78, 5) is 26.1. The molecule has 1 heterocycles. The molecule has 27 heavy (non-hydrogen) atoms. The number of fused-ring (bicyclic) bond motifs is 1. The van der Waals surface area contributed by atoms with Gasteiger partial charge in [0.2, 0.25) is 0 Å². The van der Waals surface area contributed by atoms with Crippen LogP contribution in [0.2, 0.25) is 0 Å². The molecule has 0 spiro atoms. The quantitative estimate of drug-likeness (QED) is 0.848. The molecular weight excluding hydrogens is 344 g/mol. The lowest BCUT2D eigenvalue weighted by molar-refractivity contribution is -0.121. The Morgan fingerprint density at radius 3 is 2.81 bits per heavy atom. The lowest BCUT2D eigenvalue weighted by Gasteiger charge is -2.29. The number of nitrogens with one attached hydrogen (secondary N) is 1. The van der Waals surface area contributed by atoms with E-state index >= 15 is 0 Å². The highest BCUT2D eigenvalue weighted by Crippen LogP contribution is 2.34. The second kappa shape index (κ2) is 8.12. The molecule has 6 heteroatoms. The van der Waals surface area contributed by atoms with Gasteiger partial charge in [-0.15, -0.1) is 0 Å². The Morgan fingerprint density at radius 2 is 2.04 bits per heavy atom. The van der Waals surface area contributed by atoms with Crippen LogP contribution in [0.15, 0.2) is 36.4 Å². The number of benzene rings is 2. The average Bonchev–Trinajstić information content (AvgIpc) is 2.65. The van der Waals surface area contributed by atoms with Crippen molar-refractivity contribution in [3.05, 3.63) is 47.5 Å². The number of ether oxygens (including phenoxy) is 2. The van der Waals surface area contributed by atoms with Gasteiger partial charge in [-0.25, -0.2) is 0 Å². The average molecular weight is 368 g/mol. The monoisotopic (exact) mass is 368 g/mol. The first-order chi connectivity index (χ1) is 13.0. The van der Waals surface area contributed by atoms with Gasteiger partial charge in [-0.2, -0.15) is 0 Å². The van der Waals surface area contributed by atoms with Gasteiger partial charge in [-0.3, -0.25) is 9.59 Å². The summed E-state index contributed by atoms with van der Waals surface area (Å²) in [6.07, 6.45) is 0.839. The Kier molecular flexibility index (Phi) is 5.64. The minimum Gasteiger partial charge on any atom is -0.483 e. The number of aryl methyl sites for hydroxylation is 2. The summed E-state index contributed by atoms with van der Waals surface area (Å²) in [6, 6.07) is 11.2. The molecule has 0 aromatic heterocycles. The number of hydrogen-bond donors (Lipinski definition) is 1. The predicted octanol–water partition coefficient (Wildman–Crippen LogP) is 3.46. The molecule has 2 amide bonds. The first kappa shape index (κ1) is 18.8. The van der Waals surface area contributed by atoms with Crippen molar-refractivity contribution in [2.45, 2.75) is 27.2 Å². The predicted molar refractivity (Wildman–Crippen MR) is 105 cm³/mol. The molecule has 1 aliphatic heterocycles. The molecule has 0 saturated heterocycles. The molecular formula is C21H24N2O4. The van der Waals surface area contributed by atoms with Crippen molar-refractivity contribution in [2.24, 2.45) is 0 Å². The second-order valence-electron chi connectivity index (χ2n) is 6.62. The number of carbonyl (C=O) groups excluding carboxylic acids is 2. The number of hydrogen-bond acceptors (Lipinski definition) is 4. The second-order valence-corrected chi connectivity index (χ2v) is 6.62. The van der Waals surface area contributed by atoms with Crippen LogP contribution >= 0.6 is 0 Å². The zero-order chi connectivity index (χ0) is 19.4. The van der Waals surface area contributed by atoms with Crippen LogP contribution in [-0.2, 0) is 9.59 Å². The van der Waals surface area contributed by atoms with Crippen LogP contribution in [0.25, 0.3) is 0 Å². The highest BCUT2D eigenvalue weighted by atomic mass is 16.5. The van der Waals surface area contributed by atoms with E-state index in [1.165, 1.54) is 0 Å². The van der Waals surface area contributed by atoms with Gasteiger partial charge in [0.05, 0.1) is 5.69 Å². The number of amides is 2. The molecule has 2 aromatic rings. The Hall–Kier alpha value is -3.02. The lowest BCUT2D eigenvalue weighted by atomic mass is 10.1. The van der Waals surface area contributed by atoms with Gasteiger partial charge < -0.3 is 19.7 Å². The van der Waals surface area contributed by atoms with Crippen LogP contribution in [0.1, 0.15) is 24.5 Å². The molecule has 1 aliphatic rings. The van der Waals surface area contributed by atoms with E-state index in [1.54, 1.807) is 23.1 Å². The maximum absolute atomic E-state index is 12.3. The lowest BCUT2D eigenvalue weighted by Crippen LogP contribution is -2.39. The fourth-order valence-electron chi connectivity index (χ4n) is 2.95. The van der Waals surface area contributed by atoms with Gasteiger partial charge in [-0.05, 0) is 55.7 Å². The number of carbonyl (C=O) groups is 2. The highest BCUT2D eigenvalue weighted by Gasteiger charge is 2.25. The summed E-state index contributed by atoms with van der Waals surface area (Å²) in [6.45, 7) is 6.50. The Bertz CT molecular complexity index is 863. The highest BCUT2D eigenvalue weighted by molar-refractivity contribution is 5.99. The van der Waals surface area contributed by atoms with Crippen LogP contribution in [0.3, 0.4) is 0 Å². The first-order valence-corrected chi connectivity index (χ1v) is 9.05. The van der Waals surface area contributed by atoms with Crippen molar-refractivity contribution in [1.29, 1.82) is 0 Å². The zero-order valence-corrected chi connectivity index (χ0v) is 15.9. The summed E-state index contributed by atoms with van der Waals surface area (Å²) in [7, 11) is 0. The zero-order valence-electron chi connectivity index (χ0n) is 15.9. The molecule has 1 N–H and O–H groups in total. The molecule has 0 unspecified atom stereocenters. The topological polar surface area (TPSA) is 67.9 Å². The van der Waals surface area contributed by atoms with Gasteiger partial charge in [0.15, 0.2) is 13.2 Å². The van der Waals surface area contributed by atoms with Crippen molar-refractivity contribution in [3.8, 4) is 11.5 Å². The molecule has 3 rings (SSSR count). The molecule has 2 aromatic carbocycles. The molecule has 0 aliphatic carbocycles. The van der Waals surface area contributed by atoms with Gasteiger partial charge >= 0.3 is 0 Å². The first-order valence-electron chi connectivity index (χ1n) is 9.05. The van der Waals surface area contributed by atoms with Crippen molar-refractivity contribution < 1.29 is 19.1 Å². The Balaban J connectivity index is 1.68. The van der Waals surface area contributed by atoms with Crippen LogP contribution in [-0.4, -0.2) is 31.6 Å². The normalized spacial score (nSPS) is 13.0. The fourth-order valence-corrected chi connectivity index (χ4v) is 2.95. The number of rotatable bonds is 6. The summed E-state index contributed by atoms with van der Waals surface area (Å²) >= 11 is 0.